The molecule has 1 N–H and O–H groups in total. The number of aromatic nitrogens is 1. The van der Waals surface area contributed by atoms with Gasteiger partial charge in [0.05, 0.1) is 0 Å². The van der Waals surface area contributed by atoms with E-state index >= 15 is 0 Å². The maximum atomic E-state index is 13.1. The minimum absolute atomic E-state index is 0.0144. The van der Waals surface area contributed by atoms with Crippen LogP contribution in [-0.2, 0) is 0 Å². The molecular formula is C31H36FN3O2. The molecule has 0 unspecified atom stereocenters. The second-order valence-electron chi connectivity index (χ2n) is 10.6. The molecule has 5 nitrogen and oxygen atoms in total. The monoisotopic (exact) mass is 501 g/mol. The molecule has 1 saturated heterocycles. The van der Waals surface area contributed by atoms with Gasteiger partial charge in [-0.05, 0) is 131 Å². The van der Waals surface area contributed by atoms with E-state index in [9.17, 15) is 14.0 Å². The molecule has 2 fully saturated rings. The Hall–Kier alpha value is -3.25. The van der Waals surface area contributed by atoms with Crippen molar-refractivity contribution in [3.8, 4) is 5.69 Å². The number of Topliss-reactive ketones (excluding diaryl/α,β-unsaturated/α-hetero) is 1. The predicted octanol–water partition coefficient (Wildman–Crippen LogP) is 5.89. The van der Waals surface area contributed by atoms with Crippen LogP contribution in [0.4, 0.5) is 4.39 Å². The number of ketones is 1. The van der Waals surface area contributed by atoms with Gasteiger partial charge < -0.3 is 14.8 Å². The van der Waals surface area contributed by atoms with E-state index in [1.54, 1.807) is 12.1 Å². The molecule has 0 spiro atoms. The molecule has 1 aromatic heterocycles. The maximum absolute atomic E-state index is 13.1. The molecule has 1 amide bonds. The second-order valence-corrected chi connectivity index (χ2v) is 10.6. The van der Waals surface area contributed by atoms with Crippen LogP contribution in [0.2, 0.25) is 0 Å². The van der Waals surface area contributed by atoms with Gasteiger partial charge in [0.2, 0.25) is 0 Å². The van der Waals surface area contributed by atoms with Crippen molar-refractivity contribution in [2.45, 2.75) is 51.0 Å². The molecule has 0 atom stereocenters. The van der Waals surface area contributed by atoms with E-state index < -0.39 is 0 Å². The fourth-order valence-electron chi connectivity index (χ4n) is 5.79. The lowest BCUT2D eigenvalue weighted by Gasteiger charge is -2.34. The number of likely N-dealkylation sites (tertiary alicyclic amines) is 1. The number of carbonyl (C=O) groups is 2. The van der Waals surface area contributed by atoms with Crippen molar-refractivity contribution in [1.29, 1.82) is 0 Å². The van der Waals surface area contributed by atoms with E-state index in [4.69, 9.17) is 0 Å². The normalized spacial score (nSPS) is 21.0. The largest absolute Gasteiger partial charge is 0.349 e. The van der Waals surface area contributed by atoms with Crippen molar-refractivity contribution in [2.75, 3.05) is 19.6 Å². The molecule has 2 heterocycles. The smallest absolute Gasteiger partial charge is 0.251 e. The lowest BCUT2D eigenvalue weighted by molar-refractivity contribution is 0.0832. The Morgan fingerprint density at radius 2 is 1.43 bits per heavy atom. The van der Waals surface area contributed by atoms with Crippen molar-refractivity contribution in [1.82, 2.24) is 14.8 Å². The van der Waals surface area contributed by atoms with E-state index in [2.05, 4.69) is 10.2 Å². The highest BCUT2D eigenvalue weighted by atomic mass is 19.1. The van der Waals surface area contributed by atoms with Gasteiger partial charge >= 0.3 is 0 Å². The number of rotatable bonds is 8. The molecule has 2 aliphatic rings. The highest BCUT2D eigenvalue weighted by molar-refractivity contribution is 5.97. The third-order valence-electron chi connectivity index (χ3n) is 8.15. The molecule has 0 bridgehead atoms. The highest BCUT2D eigenvalue weighted by Gasteiger charge is 2.27. The summed E-state index contributed by atoms with van der Waals surface area (Å²) >= 11 is 0. The van der Waals surface area contributed by atoms with E-state index in [1.807, 2.05) is 53.4 Å². The minimum atomic E-state index is -0.304. The zero-order chi connectivity index (χ0) is 25.6. The summed E-state index contributed by atoms with van der Waals surface area (Å²) in [4.78, 5) is 27.9. The van der Waals surface area contributed by atoms with Gasteiger partial charge in [-0.15, -0.1) is 0 Å². The first kappa shape index (κ1) is 25.4. The number of halogens is 1. The Morgan fingerprint density at radius 3 is 2.08 bits per heavy atom. The lowest BCUT2D eigenvalue weighted by Crippen LogP contribution is -2.39. The van der Waals surface area contributed by atoms with Crippen LogP contribution in [0.1, 0.15) is 65.7 Å². The zero-order valence-electron chi connectivity index (χ0n) is 21.3. The fourth-order valence-corrected chi connectivity index (χ4v) is 5.79. The predicted molar refractivity (Wildman–Crippen MR) is 143 cm³/mol. The first-order valence-corrected chi connectivity index (χ1v) is 13.6. The van der Waals surface area contributed by atoms with Crippen molar-refractivity contribution >= 4 is 11.7 Å². The Labute approximate surface area is 218 Å². The number of benzene rings is 2. The van der Waals surface area contributed by atoms with E-state index in [0.717, 1.165) is 63.8 Å². The summed E-state index contributed by atoms with van der Waals surface area (Å²) in [7, 11) is 0. The standard InChI is InChI=1S/C31H36FN3O2/c32-27-9-5-24(6-10-27)30(36)25-16-21-34(22-17-25)20-15-23-3-11-28(12-4-23)33-31(37)26-7-13-29(14-8-26)35-18-1-2-19-35/h1-2,5-10,13-14,18-19,23,25,28H,3-4,11-12,15-17,20-22H2,(H,33,37)/t23-,28-. The fraction of sp³-hybridized carbons (Fsp3) is 0.419. The van der Waals surface area contributed by atoms with Gasteiger partial charge in [-0.2, -0.15) is 0 Å². The highest BCUT2D eigenvalue weighted by Crippen LogP contribution is 2.29. The molecule has 3 aromatic rings. The summed E-state index contributed by atoms with van der Waals surface area (Å²) in [6.45, 7) is 2.98. The van der Waals surface area contributed by atoms with Gasteiger partial charge in [-0.1, -0.05) is 0 Å². The number of piperidine rings is 1. The molecule has 37 heavy (non-hydrogen) atoms. The average Bonchev–Trinajstić information content (AvgIpc) is 3.48. The Morgan fingerprint density at radius 1 is 0.811 bits per heavy atom. The summed E-state index contributed by atoms with van der Waals surface area (Å²) in [6, 6.07) is 17.9. The lowest BCUT2D eigenvalue weighted by atomic mass is 9.83. The van der Waals surface area contributed by atoms with E-state index in [0.29, 0.717) is 17.0 Å². The number of nitrogens with one attached hydrogen (secondary N) is 1. The van der Waals surface area contributed by atoms with Crippen LogP contribution in [0.15, 0.2) is 73.1 Å². The maximum Gasteiger partial charge on any atom is 0.251 e. The van der Waals surface area contributed by atoms with Gasteiger partial charge in [-0.25, -0.2) is 4.39 Å². The Kier molecular flexibility index (Phi) is 8.15. The van der Waals surface area contributed by atoms with Crippen LogP contribution in [0.25, 0.3) is 5.69 Å². The molecule has 2 aromatic carbocycles. The summed E-state index contributed by atoms with van der Waals surface area (Å²) in [6.07, 6.45) is 11.3. The van der Waals surface area contributed by atoms with Crippen molar-refractivity contribution in [3.63, 3.8) is 0 Å². The van der Waals surface area contributed by atoms with Gasteiger partial charge in [-0.3, -0.25) is 9.59 Å². The van der Waals surface area contributed by atoms with Crippen LogP contribution in [0.3, 0.4) is 0 Å². The SMILES string of the molecule is O=C(N[C@H]1CC[C@H](CCN2CCC(C(=O)c3ccc(F)cc3)CC2)CC1)c1ccc(-n2cccc2)cc1. The van der Waals surface area contributed by atoms with Crippen molar-refractivity contribution < 1.29 is 14.0 Å². The van der Waals surface area contributed by atoms with E-state index in [-0.39, 0.29) is 29.5 Å². The molecule has 194 valence electrons. The number of hydrogen-bond donors (Lipinski definition) is 1. The van der Waals surface area contributed by atoms with Crippen LogP contribution in [-0.4, -0.2) is 46.8 Å². The second kappa shape index (κ2) is 11.9. The summed E-state index contributed by atoms with van der Waals surface area (Å²) in [5, 5.41) is 3.24. The molecule has 6 heteroatoms. The third-order valence-corrected chi connectivity index (χ3v) is 8.15. The first-order valence-electron chi connectivity index (χ1n) is 13.6. The van der Waals surface area contributed by atoms with Gasteiger partial charge in [0.25, 0.3) is 5.91 Å². The van der Waals surface area contributed by atoms with Crippen LogP contribution < -0.4 is 5.32 Å². The van der Waals surface area contributed by atoms with Gasteiger partial charge in [0, 0.05) is 41.2 Å². The number of hydrogen-bond acceptors (Lipinski definition) is 3. The number of amides is 1. The Balaban J connectivity index is 0.997. The van der Waals surface area contributed by atoms with Crippen LogP contribution >= 0.6 is 0 Å². The molecule has 1 saturated carbocycles. The third kappa shape index (κ3) is 6.55. The molecule has 1 aliphatic carbocycles. The number of nitrogens with zero attached hydrogens (tertiary/aromatic N) is 2. The van der Waals surface area contributed by atoms with Crippen LogP contribution in [0, 0.1) is 17.7 Å². The molecular weight excluding hydrogens is 465 g/mol. The minimum Gasteiger partial charge on any atom is -0.349 e. The quantitative estimate of drug-likeness (QED) is 0.392. The first-order chi connectivity index (χ1) is 18.0. The van der Waals surface area contributed by atoms with Crippen molar-refractivity contribution in [2.24, 2.45) is 11.8 Å². The number of carbonyl (C=O) groups excluding carboxylic acids is 2. The van der Waals surface area contributed by atoms with Gasteiger partial charge in [0.15, 0.2) is 5.78 Å². The van der Waals surface area contributed by atoms with E-state index in [1.165, 1.54) is 18.6 Å². The summed E-state index contributed by atoms with van der Waals surface area (Å²) in [5.74, 6) is 0.609. The summed E-state index contributed by atoms with van der Waals surface area (Å²) < 4.78 is 15.2. The van der Waals surface area contributed by atoms with Crippen LogP contribution in [0.5, 0.6) is 0 Å². The Bertz CT molecular complexity index is 1160. The zero-order valence-corrected chi connectivity index (χ0v) is 21.3. The molecule has 1 aliphatic heterocycles. The molecule has 5 rings (SSSR count). The van der Waals surface area contributed by atoms with Gasteiger partial charge in [0.1, 0.15) is 5.82 Å². The molecule has 0 radical (unpaired) electrons. The topological polar surface area (TPSA) is 54.3 Å². The average molecular weight is 502 g/mol. The van der Waals surface area contributed by atoms with Crippen molar-refractivity contribution in [3.05, 3.63) is 90.0 Å². The summed E-state index contributed by atoms with van der Waals surface area (Å²) in [5.41, 5.74) is 2.38.